The average Bonchev–Trinajstić information content (AvgIpc) is 2.52. The number of benzene rings is 1. The largest absolute Gasteiger partial charge is 0.508 e. The molecule has 1 nitrogen and oxygen atoms in total. The van der Waals surface area contributed by atoms with Gasteiger partial charge in [0.1, 0.15) is 5.75 Å². The second-order valence-electron chi connectivity index (χ2n) is 8.53. The minimum absolute atomic E-state index is 0.203. The molecule has 0 saturated carbocycles. The predicted molar refractivity (Wildman–Crippen MR) is 107 cm³/mol. The van der Waals surface area contributed by atoms with Gasteiger partial charge in [0.05, 0.1) is 0 Å². The van der Waals surface area contributed by atoms with Crippen molar-refractivity contribution in [2.45, 2.75) is 104 Å². The third kappa shape index (κ3) is 7.73. The Morgan fingerprint density at radius 2 is 1.67 bits per heavy atom. The van der Waals surface area contributed by atoms with Crippen molar-refractivity contribution in [3.05, 3.63) is 29.3 Å². The Labute approximate surface area is 150 Å². The molecule has 0 bridgehead atoms. The number of unbranched alkanes of at least 4 members (excludes halogenated alkanes) is 5. The first-order chi connectivity index (χ1) is 11.4. The molecule has 0 amide bonds. The molecule has 0 aromatic heterocycles. The van der Waals surface area contributed by atoms with Gasteiger partial charge in [0.25, 0.3) is 0 Å². The summed E-state index contributed by atoms with van der Waals surface area (Å²) in [5.41, 5.74) is 2.72. The lowest BCUT2D eigenvalue weighted by molar-refractivity contribution is 0.443. The summed E-state index contributed by atoms with van der Waals surface area (Å²) in [6, 6.07) is 6.29. The molecule has 0 radical (unpaired) electrons. The molecule has 1 N–H and O–H groups in total. The summed E-state index contributed by atoms with van der Waals surface area (Å²) < 4.78 is 0. The topological polar surface area (TPSA) is 20.2 Å². The zero-order valence-corrected chi connectivity index (χ0v) is 16.8. The van der Waals surface area contributed by atoms with Crippen molar-refractivity contribution in [2.24, 2.45) is 5.92 Å². The van der Waals surface area contributed by atoms with Crippen LogP contribution in [-0.4, -0.2) is 5.11 Å². The van der Waals surface area contributed by atoms with Gasteiger partial charge in [-0.15, -0.1) is 0 Å². The van der Waals surface area contributed by atoms with Crippen LogP contribution in [0.1, 0.15) is 104 Å². The SMILES string of the molecule is CCCCCC(C)(C)c1ccc(O)c(CCCCCCC(C)C)c1. The molecule has 1 aromatic carbocycles. The fourth-order valence-corrected chi connectivity index (χ4v) is 3.39. The van der Waals surface area contributed by atoms with E-state index in [1.54, 1.807) is 0 Å². The van der Waals surface area contributed by atoms with Crippen LogP contribution in [0.5, 0.6) is 5.75 Å². The van der Waals surface area contributed by atoms with Gasteiger partial charge >= 0.3 is 0 Å². The van der Waals surface area contributed by atoms with Gasteiger partial charge in [-0.2, -0.15) is 0 Å². The van der Waals surface area contributed by atoms with Crippen molar-refractivity contribution in [1.29, 1.82) is 0 Å². The van der Waals surface area contributed by atoms with E-state index < -0.39 is 0 Å². The van der Waals surface area contributed by atoms with E-state index in [0.29, 0.717) is 5.75 Å². The Kier molecular flexibility index (Phi) is 9.48. The van der Waals surface area contributed by atoms with Gasteiger partial charge in [-0.1, -0.05) is 91.7 Å². The molecule has 0 heterocycles. The van der Waals surface area contributed by atoms with Crippen LogP contribution in [0, 0.1) is 5.92 Å². The fourth-order valence-electron chi connectivity index (χ4n) is 3.39. The molecule has 1 rings (SSSR count). The minimum Gasteiger partial charge on any atom is -0.508 e. The Morgan fingerprint density at radius 3 is 2.33 bits per heavy atom. The van der Waals surface area contributed by atoms with E-state index in [4.69, 9.17) is 0 Å². The predicted octanol–water partition coefficient (Wildman–Crippen LogP) is 7.40. The number of hydrogen-bond donors (Lipinski definition) is 1. The molecule has 0 fully saturated rings. The maximum Gasteiger partial charge on any atom is 0.118 e. The highest BCUT2D eigenvalue weighted by molar-refractivity contribution is 5.39. The van der Waals surface area contributed by atoms with Crippen molar-refractivity contribution in [3.63, 3.8) is 0 Å². The monoisotopic (exact) mass is 332 g/mol. The Balaban J connectivity index is 2.53. The van der Waals surface area contributed by atoms with Gasteiger partial charge in [0, 0.05) is 0 Å². The number of aromatic hydroxyl groups is 1. The van der Waals surface area contributed by atoms with Crippen molar-refractivity contribution >= 4 is 0 Å². The van der Waals surface area contributed by atoms with Crippen LogP contribution in [0.2, 0.25) is 0 Å². The molecule has 0 aliphatic heterocycles. The van der Waals surface area contributed by atoms with Gasteiger partial charge in [0.2, 0.25) is 0 Å². The highest BCUT2D eigenvalue weighted by atomic mass is 16.3. The molecule has 0 aliphatic carbocycles. The van der Waals surface area contributed by atoms with Crippen LogP contribution < -0.4 is 0 Å². The van der Waals surface area contributed by atoms with E-state index in [-0.39, 0.29) is 5.41 Å². The molecule has 138 valence electrons. The maximum absolute atomic E-state index is 10.2. The second-order valence-corrected chi connectivity index (χ2v) is 8.53. The Morgan fingerprint density at radius 1 is 0.958 bits per heavy atom. The molecule has 0 unspecified atom stereocenters. The Hall–Kier alpha value is -0.980. The molecule has 24 heavy (non-hydrogen) atoms. The molecule has 0 aliphatic rings. The number of rotatable bonds is 12. The molecule has 0 saturated heterocycles. The molecule has 1 aromatic rings. The molecular formula is C23H40O. The quantitative estimate of drug-likeness (QED) is 0.395. The van der Waals surface area contributed by atoms with Crippen LogP contribution in [0.4, 0.5) is 0 Å². The first kappa shape index (κ1) is 21.1. The summed E-state index contributed by atoms with van der Waals surface area (Å²) in [5, 5.41) is 10.2. The zero-order chi connectivity index (χ0) is 18.0. The maximum atomic E-state index is 10.2. The summed E-state index contributed by atoms with van der Waals surface area (Å²) in [6.07, 6.45) is 12.6. The normalized spacial score (nSPS) is 12.1. The van der Waals surface area contributed by atoms with Crippen LogP contribution in [0.3, 0.4) is 0 Å². The smallest absolute Gasteiger partial charge is 0.118 e. The molecule has 0 atom stereocenters. The van der Waals surface area contributed by atoms with Crippen LogP contribution >= 0.6 is 0 Å². The van der Waals surface area contributed by atoms with E-state index in [2.05, 4.69) is 46.8 Å². The van der Waals surface area contributed by atoms with Gasteiger partial charge in [-0.3, -0.25) is 0 Å². The van der Waals surface area contributed by atoms with Crippen LogP contribution in [0.25, 0.3) is 0 Å². The van der Waals surface area contributed by atoms with Crippen molar-refractivity contribution < 1.29 is 5.11 Å². The lowest BCUT2D eigenvalue weighted by Crippen LogP contribution is -2.17. The summed E-state index contributed by atoms with van der Waals surface area (Å²) in [7, 11) is 0. The fraction of sp³-hybridized carbons (Fsp3) is 0.739. The zero-order valence-electron chi connectivity index (χ0n) is 16.8. The molecular weight excluding hydrogens is 292 g/mol. The van der Waals surface area contributed by atoms with Crippen molar-refractivity contribution in [2.75, 3.05) is 0 Å². The van der Waals surface area contributed by atoms with E-state index in [1.807, 2.05) is 6.07 Å². The first-order valence-corrected chi connectivity index (χ1v) is 10.2. The van der Waals surface area contributed by atoms with Gasteiger partial charge in [0.15, 0.2) is 0 Å². The lowest BCUT2D eigenvalue weighted by Gasteiger charge is -2.26. The van der Waals surface area contributed by atoms with Gasteiger partial charge in [-0.25, -0.2) is 0 Å². The summed E-state index contributed by atoms with van der Waals surface area (Å²) in [4.78, 5) is 0. The highest BCUT2D eigenvalue weighted by Gasteiger charge is 2.21. The number of phenolic OH excluding ortho intramolecular Hbond substituents is 1. The van der Waals surface area contributed by atoms with E-state index in [0.717, 1.165) is 17.9 Å². The number of aryl methyl sites for hydroxylation is 1. The van der Waals surface area contributed by atoms with Crippen molar-refractivity contribution in [3.8, 4) is 5.75 Å². The lowest BCUT2D eigenvalue weighted by atomic mass is 9.79. The highest BCUT2D eigenvalue weighted by Crippen LogP contribution is 2.32. The van der Waals surface area contributed by atoms with Crippen LogP contribution in [-0.2, 0) is 11.8 Å². The third-order valence-electron chi connectivity index (χ3n) is 5.24. The summed E-state index contributed by atoms with van der Waals surface area (Å²) in [5.74, 6) is 1.30. The first-order valence-electron chi connectivity index (χ1n) is 10.2. The van der Waals surface area contributed by atoms with Gasteiger partial charge in [-0.05, 0) is 47.8 Å². The number of phenols is 1. The molecule has 1 heteroatoms. The van der Waals surface area contributed by atoms with Crippen molar-refractivity contribution in [1.82, 2.24) is 0 Å². The standard InChI is InChI=1S/C23H40O/c1-6-7-12-17-23(4,5)21-15-16-22(24)20(18-21)14-11-9-8-10-13-19(2)3/h15-16,18-19,24H,6-14,17H2,1-5H3. The van der Waals surface area contributed by atoms with Crippen LogP contribution in [0.15, 0.2) is 18.2 Å². The number of hydrogen-bond acceptors (Lipinski definition) is 1. The summed E-state index contributed by atoms with van der Waals surface area (Å²) in [6.45, 7) is 11.5. The van der Waals surface area contributed by atoms with E-state index in [1.165, 1.54) is 63.4 Å². The Bertz CT molecular complexity index is 459. The van der Waals surface area contributed by atoms with E-state index in [9.17, 15) is 5.11 Å². The van der Waals surface area contributed by atoms with Gasteiger partial charge < -0.3 is 5.11 Å². The average molecular weight is 333 g/mol. The summed E-state index contributed by atoms with van der Waals surface area (Å²) >= 11 is 0. The molecule has 0 spiro atoms. The third-order valence-corrected chi connectivity index (χ3v) is 5.24. The second kappa shape index (κ2) is 10.8. The van der Waals surface area contributed by atoms with E-state index >= 15 is 0 Å². The minimum atomic E-state index is 0.203.